The molecule has 0 radical (unpaired) electrons. The Kier molecular flexibility index (Phi) is 5.92. The monoisotopic (exact) mass is 242 g/mol. The van der Waals surface area contributed by atoms with E-state index in [1.807, 2.05) is 13.8 Å². The lowest BCUT2D eigenvalue weighted by molar-refractivity contribution is -0.124. The molecule has 0 saturated heterocycles. The van der Waals surface area contributed by atoms with Crippen LogP contribution >= 0.6 is 0 Å². The molecule has 0 aliphatic heterocycles. The predicted octanol–water partition coefficient (Wildman–Crippen LogP) is 1.17. The normalized spacial score (nSPS) is 27.6. The number of rotatable bonds is 4. The molecule has 3 atom stereocenters. The summed E-state index contributed by atoms with van der Waals surface area (Å²) in [6.07, 6.45) is 5.18. The smallest absolute Gasteiger partial charge is 0.237 e. The highest BCUT2D eigenvalue weighted by Crippen LogP contribution is 2.18. The molecule has 0 aromatic heterocycles. The largest absolute Gasteiger partial charge is 0.391 e. The molecule has 0 bridgehead atoms. The number of aliphatic hydroxyl groups excluding tert-OH is 1. The minimum atomic E-state index is -0.453. The van der Waals surface area contributed by atoms with Gasteiger partial charge in [0, 0.05) is 0 Å². The van der Waals surface area contributed by atoms with Gasteiger partial charge in [-0.25, -0.2) is 0 Å². The summed E-state index contributed by atoms with van der Waals surface area (Å²) in [5.74, 6) is 0.291. The topological polar surface area (TPSA) is 75.4 Å². The van der Waals surface area contributed by atoms with Crippen LogP contribution < -0.4 is 11.1 Å². The number of hydrogen-bond acceptors (Lipinski definition) is 3. The van der Waals surface area contributed by atoms with E-state index < -0.39 is 12.1 Å². The van der Waals surface area contributed by atoms with Gasteiger partial charge in [-0.3, -0.25) is 4.79 Å². The lowest BCUT2D eigenvalue weighted by Crippen LogP contribution is -2.49. The van der Waals surface area contributed by atoms with Crippen molar-refractivity contribution in [3.05, 3.63) is 0 Å². The molecule has 4 nitrogen and oxygen atoms in total. The van der Waals surface area contributed by atoms with Crippen molar-refractivity contribution in [2.45, 2.75) is 70.6 Å². The van der Waals surface area contributed by atoms with Crippen LogP contribution in [0.4, 0.5) is 0 Å². The number of nitrogens with one attached hydrogen (secondary N) is 1. The Bertz CT molecular complexity index is 244. The third-order valence-corrected chi connectivity index (χ3v) is 3.37. The average Bonchev–Trinajstić information content (AvgIpc) is 2.43. The van der Waals surface area contributed by atoms with Crippen LogP contribution in [0.15, 0.2) is 0 Å². The van der Waals surface area contributed by atoms with E-state index in [0.717, 1.165) is 32.1 Å². The fourth-order valence-corrected chi connectivity index (χ4v) is 2.36. The molecule has 1 fully saturated rings. The van der Waals surface area contributed by atoms with Crippen LogP contribution in [0.1, 0.15) is 52.4 Å². The standard InChI is InChI=1S/C13H26N2O2/c1-9(2)8-10(14)13(17)15-11-6-4-3-5-7-12(11)16/h9-12,16H,3-8,14H2,1-2H3,(H,15,17). The molecule has 17 heavy (non-hydrogen) atoms. The summed E-state index contributed by atoms with van der Waals surface area (Å²) < 4.78 is 0. The molecular weight excluding hydrogens is 216 g/mol. The zero-order chi connectivity index (χ0) is 12.8. The molecule has 1 aliphatic carbocycles. The van der Waals surface area contributed by atoms with Gasteiger partial charge in [-0.05, 0) is 25.2 Å². The average molecular weight is 242 g/mol. The molecule has 3 unspecified atom stereocenters. The second kappa shape index (κ2) is 6.97. The van der Waals surface area contributed by atoms with Crippen LogP contribution in [0.3, 0.4) is 0 Å². The van der Waals surface area contributed by atoms with Crippen molar-refractivity contribution in [3.8, 4) is 0 Å². The SMILES string of the molecule is CC(C)CC(N)C(=O)NC1CCCCCC1O. The second-order valence-electron chi connectivity index (χ2n) is 5.56. The van der Waals surface area contributed by atoms with E-state index >= 15 is 0 Å². The summed E-state index contributed by atoms with van der Waals surface area (Å²) in [5, 5.41) is 12.8. The summed E-state index contributed by atoms with van der Waals surface area (Å²) in [4.78, 5) is 11.9. The zero-order valence-corrected chi connectivity index (χ0v) is 11.0. The zero-order valence-electron chi connectivity index (χ0n) is 11.0. The third kappa shape index (κ3) is 5.04. The van der Waals surface area contributed by atoms with Gasteiger partial charge in [-0.2, -0.15) is 0 Å². The van der Waals surface area contributed by atoms with Gasteiger partial charge in [-0.1, -0.05) is 33.1 Å². The maximum Gasteiger partial charge on any atom is 0.237 e. The van der Waals surface area contributed by atoms with Gasteiger partial charge in [0.25, 0.3) is 0 Å². The molecule has 100 valence electrons. The highest BCUT2D eigenvalue weighted by molar-refractivity contribution is 5.81. The summed E-state index contributed by atoms with van der Waals surface area (Å²) >= 11 is 0. The third-order valence-electron chi connectivity index (χ3n) is 3.37. The minimum Gasteiger partial charge on any atom is -0.391 e. The summed E-state index contributed by atoms with van der Waals surface area (Å²) in [7, 11) is 0. The van der Waals surface area contributed by atoms with Crippen molar-refractivity contribution in [3.63, 3.8) is 0 Å². The van der Waals surface area contributed by atoms with Crippen molar-refractivity contribution in [2.75, 3.05) is 0 Å². The van der Waals surface area contributed by atoms with E-state index in [4.69, 9.17) is 5.73 Å². The molecule has 1 amide bonds. The lowest BCUT2D eigenvalue weighted by atomic mass is 10.0. The summed E-state index contributed by atoms with van der Waals surface area (Å²) in [6.45, 7) is 4.10. The molecule has 1 aliphatic rings. The maximum absolute atomic E-state index is 11.9. The lowest BCUT2D eigenvalue weighted by Gasteiger charge is -2.24. The van der Waals surface area contributed by atoms with Gasteiger partial charge in [0.15, 0.2) is 0 Å². The number of aliphatic hydroxyl groups is 1. The van der Waals surface area contributed by atoms with Crippen LogP contribution in [-0.2, 0) is 4.79 Å². The van der Waals surface area contributed by atoms with Crippen molar-refractivity contribution in [1.82, 2.24) is 5.32 Å². The van der Waals surface area contributed by atoms with E-state index in [1.165, 1.54) is 0 Å². The van der Waals surface area contributed by atoms with Crippen molar-refractivity contribution in [2.24, 2.45) is 11.7 Å². The van der Waals surface area contributed by atoms with Crippen LogP contribution in [0.5, 0.6) is 0 Å². The molecule has 0 aromatic rings. The van der Waals surface area contributed by atoms with Gasteiger partial charge >= 0.3 is 0 Å². The van der Waals surface area contributed by atoms with Gasteiger partial charge in [0.05, 0.1) is 18.2 Å². The Morgan fingerprint density at radius 2 is 2.00 bits per heavy atom. The first kappa shape index (κ1) is 14.5. The number of amides is 1. The quantitative estimate of drug-likeness (QED) is 0.648. The van der Waals surface area contributed by atoms with Crippen molar-refractivity contribution < 1.29 is 9.90 Å². The highest BCUT2D eigenvalue weighted by atomic mass is 16.3. The highest BCUT2D eigenvalue weighted by Gasteiger charge is 2.25. The molecule has 4 heteroatoms. The van der Waals surface area contributed by atoms with E-state index in [2.05, 4.69) is 5.32 Å². The van der Waals surface area contributed by atoms with Crippen molar-refractivity contribution in [1.29, 1.82) is 0 Å². The Balaban J connectivity index is 2.42. The Labute approximate surface area is 104 Å². The van der Waals surface area contributed by atoms with Crippen molar-refractivity contribution >= 4 is 5.91 Å². The van der Waals surface area contributed by atoms with Gasteiger partial charge in [-0.15, -0.1) is 0 Å². The number of hydrogen-bond donors (Lipinski definition) is 3. The van der Waals surface area contributed by atoms with Crippen LogP contribution in [-0.4, -0.2) is 29.2 Å². The maximum atomic E-state index is 11.9. The van der Waals surface area contributed by atoms with E-state index in [0.29, 0.717) is 12.3 Å². The Morgan fingerprint density at radius 1 is 1.35 bits per heavy atom. The second-order valence-corrected chi connectivity index (χ2v) is 5.56. The number of carbonyl (C=O) groups is 1. The molecule has 0 aromatic carbocycles. The molecule has 1 saturated carbocycles. The first-order chi connectivity index (χ1) is 8.00. The van der Waals surface area contributed by atoms with Crippen LogP contribution in [0.2, 0.25) is 0 Å². The molecule has 0 spiro atoms. The minimum absolute atomic E-state index is 0.108. The Hall–Kier alpha value is -0.610. The van der Waals surface area contributed by atoms with E-state index in [9.17, 15) is 9.90 Å². The fraction of sp³-hybridized carbons (Fsp3) is 0.923. The van der Waals surface area contributed by atoms with Crippen LogP contribution in [0.25, 0.3) is 0 Å². The molecular formula is C13H26N2O2. The fourth-order valence-electron chi connectivity index (χ4n) is 2.36. The van der Waals surface area contributed by atoms with E-state index in [1.54, 1.807) is 0 Å². The van der Waals surface area contributed by atoms with Crippen LogP contribution in [0, 0.1) is 5.92 Å². The first-order valence-electron chi connectivity index (χ1n) is 6.74. The molecule has 0 heterocycles. The number of nitrogens with two attached hydrogens (primary N) is 1. The van der Waals surface area contributed by atoms with Gasteiger partial charge < -0.3 is 16.2 Å². The Morgan fingerprint density at radius 3 is 2.65 bits per heavy atom. The molecule has 4 N–H and O–H groups in total. The predicted molar refractivity (Wildman–Crippen MR) is 68.5 cm³/mol. The van der Waals surface area contributed by atoms with Gasteiger partial charge in [0.1, 0.15) is 0 Å². The summed E-state index contributed by atoms with van der Waals surface area (Å²) in [6, 6.07) is -0.561. The number of carbonyl (C=O) groups excluding carboxylic acids is 1. The van der Waals surface area contributed by atoms with Gasteiger partial charge in [0.2, 0.25) is 5.91 Å². The molecule has 1 rings (SSSR count). The first-order valence-corrected chi connectivity index (χ1v) is 6.74. The summed E-state index contributed by atoms with van der Waals surface area (Å²) in [5.41, 5.74) is 5.83. The van der Waals surface area contributed by atoms with E-state index in [-0.39, 0.29) is 11.9 Å².